The van der Waals surface area contributed by atoms with E-state index in [1.54, 1.807) is 19.1 Å². The number of nitrogens with zero attached hydrogens (tertiary/aromatic N) is 5. The Morgan fingerprint density at radius 1 is 1.08 bits per heavy atom. The maximum atomic E-state index is 11.7. The first-order valence-corrected chi connectivity index (χ1v) is 11.7. The van der Waals surface area contributed by atoms with E-state index in [1.807, 2.05) is 4.90 Å². The molecule has 0 saturated carbocycles. The number of carbonyl (C=O) groups is 1. The summed E-state index contributed by atoms with van der Waals surface area (Å²) in [5, 5.41) is 16.2. The molecule has 12 N–H and O–H groups in total. The topological polar surface area (TPSA) is 220 Å². The van der Waals surface area contributed by atoms with Crippen molar-refractivity contribution >= 4 is 47.5 Å². The number of nitrogens with two attached hydrogens (primary N) is 3. The van der Waals surface area contributed by atoms with Crippen molar-refractivity contribution in [1.29, 1.82) is 0 Å². The number of hydrogen-bond acceptors (Lipinski definition) is 12. The number of rotatable bonds is 6. The van der Waals surface area contributed by atoms with Crippen molar-refractivity contribution in [1.82, 2.24) is 21.1 Å². The molecule has 2 fully saturated rings. The largest absolute Gasteiger partial charge is 0.506 e. The molecule has 2 saturated heterocycles. The molecular formula is C22H40ClN11O2. The molecule has 3 heterocycles. The van der Waals surface area contributed by atoms with Gasteiger partial charge in [0.05, 0.1) is 5.69 Å². The zero-order valence-corrected chi connectivity index (χ0v) is 21.4. The summed E-state index contributed by atoms with van der Waals surface area (Å²) in [5.41, 5.74) is 19.5. The average Bonchev–Trinajstić information content (AvgIpc) is 2.80. The first-order valence-electron chi connectivity index (χ1n) is 11.7. The Kier molecular flexibility index (Phi) is 10.4. The van der Waals surface area contributed by atoms with Crippen LogP contribution < -0.4 is 43.8 Å². The molecule has 13 nitrogen and oxygen atoms in total. The van der Waals surface area contributed by atoms with E-state index in [0.717, 1.165) is 25.8 Å². The van der Waals surface area contributed by atoms with E-state index >= 15 is 0 Å². The summed E-state index contributed by atoms with van der Waals surface area (Å²) in [4.78, 5) is 29.7. The Hall–Kier alpha value is -2.97. The molecule has 0 aliphatic carbocycles. The van der Waals surface area contributed by atoms with E-state index in [-0.39, 0.29) is 49.8 Å². The highest BCUT2D eigenvalue weighted by molar-refractivity contribution is 5.92. The first-order chi connectivity index (χ1) is 16.3. The van der Waals surface area contributed by atoms with Gasteiger partial charge in [-0.05, 0) is 31.4 Å². The highest BCUT2D eigenvalue weighted by Gasteiger charge is 2.27. The lowest BCUT2D eigenvalue weighted by molar-refractivity contribution is -0.115. The van der Waals surface area contributed by atoms with Crippen LogP contribution in [-0.4, -0.2) is 70.3 Å². The number of amides is 1. The Morgan fingerprint density at radius 3 is 2.33 bits per heavy atom. The number of aromatic hydroxyl groups is 1. The number of carbonyl (C=O) groups excluding carboxylic acids is 1. The van der Waals surface area contributed by atoms with Crippen LogP contribution in [0.5, 0.6) is 5.75 Å². The molecule has 0 bridgehead atoms. The number of phenolic OH excluding ortho intramolecular Hbond substituents is 1. The van der Waals surface area contributed by atoms with E-state index in [1.165, 1.54) is 6.07 Å². The van der Waals surface area contributed by atoms with Gasteiger partial charge in [0, 0.05) is 63.9 Å². The van der Waals surface area contributed by atoms with Gasteiger partial charge in [0.15, 0.2) is 0 Å². The number of anilines is 5. The van der Waals surface area contributed by atoms with Crippen molar-refractivity contribution in [2.45, 2.75) is 50.7 Å². The van der Waals surface area contributed by atoms with Crippen LogP contribution in [-0.2, 0) is 4.79 Å². The minimum atomic E-state index is -0.180. The summed E-state index contributed by atoms with van der Waals surface area (Å²) >= 11 is 0. The summed E-state index contributed by atoms with van der Waals surface area (Å²) in [6.45, 7) is 4.41. The van der Waals surface area contributed by atoms with Crippen molar-refractivity contribution in [2.75, 3.05) is 46.6 Å². The van der Waals surface area contributed by atoms with Gasteiger partial charge in [0.25, 0.3) is 0 Å². The molecule has 14 heteroatoms. The normalized spacial score (nSPS) is 21.7. The predicted octanol–water partition coefficient (Wildman–Crippen LogP) is 1.29. The van der Waals surface area contributed by atoms with Gasteiger partial charge in [-0.1, -0.05) is 6.92 Å². The Labute approximate surface area is 218 Å². The second-order valence-electron chi connectivity index (χ2n) is 9.03. The lowest BCUT2D eigenvalue weighted by Crippen LogP contribution is -2.53. The number of piperidine rings is 2. The summed E-state index contributed by atoms with van der Waals surface area (Å²) in [5.74, 6) is 1.12. The van der Waals surface area contributed by atoms with Crippen LogP contribution in [0.15, 0.2) is 18.2 Å². The molecule has 1 aromatic heterocycles. The molecule has 2 unspecified atom stereocenters. The highest BCUT2D eigenvalue weighted by atomic mass is 35.5. The molecule has 0 radical (unpaired) electrons. The van der Waals surface area contributed by atoms with Crippen molar-refractivity contribution in [3.63, 3.8) is 0 Å². The molecule has 2 aromatic rings. The molecule has 1 amide bonds. The van der Waals surface area contributed by atoms with Crippen molar-refractivity contribution in [3.05, 3.63) is 18.2 Å². The van der Waals surface area contributed by atoms with E-state index < -0.39 is 0 Å². The lowest BCUT2D eigenvalue weighted by Gasteiger charge is -2.35. The van der Waals surface area contributed by atoms with Gasteiger partial charge in [-0.25, -0.2) is 0 Å². The van der Waals surface area contributed by atoms with Crippen LogP contribution in [0.25, 0.3) is 0 Å². The molecule has 4 rings (SSSR count). The fraction of sp³-hybridized carbons (Fsp3) is 0.545. The molecular weight excluding hydrogens is 486 g/mol. The van der Waals surface area contributed by atoms with Gasteiger partial charge in [0.2, 0.25) is 23.8 Å². The Morgan fingerprint density at radius 2 is 1.72 bits per heavy atom. The monoisotopic (exact) mass is 525 g/mol. The number of benzene rings is 1. The van der Waals surface area contributed by atoms with Gasteiger partial charge < -0.3 is 48.9 Å². The minimum absolute atomic E-state index is 0. The molecule has 0 spiro atoms. The number of hydrogen-bond donors (Lipinski definition) is 7. The summed E-state index contributed by atoms with van der Waals surface area (Å²) in [6.07, 6.45) is 3.00. The number of halogens is 1. The maximum absolute atomic E-state index is 11.7. The van der Waals surface area contributed by atoms with Crippen molar-refractivity contribution in [3.8, 4) is 5.75 Å². The molecule has 3 atom stereocenters. The first kappa shape index (κ1) is 29.3. The molecule has 2 aliphatic rings. The van der Waals surface area contributed by atoms with Crippen LogP contribution >= 0.6 is 12.4 Å². The third-order valence-corrected chi connectivity index (χ3v) is 6.00. The standard InChI is InChI=1S/C22H34N10O2.ClH.H3N.H2/c1-2-19(34)27-17-6-5-16(9-18(17)33)26-20-28-21(31-7-3-4-13(23)10-31)30-22(29-20)32-11-14(24)8-15(25)12-32;;;/h5-6,9,13-15,33H,2-4,7-8,10-12,23-25H2,1H3,(H,27,34)(H,26,28,29,30);1H;1H3;1H/t13-,14?,15?;;;/m0.../s1. The van der Waals surface area contributed by atoms with E-state index in [0.29, 0.717) is 55.3 Å². The maximum Gasteiger partial charge on any atom is 0.233 e. The Balaban J connectivity index is 0.00000228. The average molecular weight is 526 g/mol. The van der Waals surface area contributed by atoms with E-state index in [4.69, 9.17) is 22.2 Å². The molecule has 202 valence electrons. The van der Waals surface area contributed by atoms with Gasteiger partial charge >= 0.3 is 0 Å². The van der Waals surface area contributed by atoms with E-state index in [2.05, 4.69) is 25.5 Å². The van der Waals surface area contributed by atoms with Crippen LogP contribution in [0.2, 0.25) is 0 Å². The summed E-state index contributed by atoms with van der Waals surface area (Å²) in [6, 6.07) is 4.80. The fourth-order valence-electron chi connectivity index (χ4n) is 4.31. The minimum Gasteiger partial charge on any atom is -0.506 e. The second-order valence-corrected chi connectivity index (χ2v) is 9.03. The van der Waals surface area contributed by atoms with Gasteiger partial charge in [-0.15, -0.1) is 12.4 Å². The number of nitrogens with one attached hydrogen (secondary N) is 2. The van der Waals surface area contributed by atoms with Gasteiger partial charge in [0.1, 0.15) is 5.75 Å². The zero-order chi connectivity index (χ0) is 24.2. The van der Waals surface area contributed by atoms with Crippen LogP contribution in [0.1, 0.15) is 34.0 Å². The summed E-state index contributed by atoms with van der Waals surface area (Å²) in [7, 11) is 0. The third-order valence-electron chi connectivity index (χ3n) is 6.00. The van der Waals surface area contributed by atoms with Crippen molar-refractivity contribution < 1.29 is 11.3 Å². The van der Waals surface area contributed by atoms with Crippen LogP contribution in [0, 0.1) is 0 Å². The van der Waals surface area contributed by atoms with Crippen LogP contribution in [0.4, 0.5) is 29.2 Å². The fourth-order valence-corrected chi connectivity index (χ4v) is 4.31. The number of phenols is 1. The quantitative estimate of drug-likeness (QED) is 0.265. The second kappa shape index (κ2) is 12.8. The van der Waals surface area contributed by atoms with E-state index in [9.17, 15) is 9.90 Å². The van der Waals surface area contributed by atoms with Gasteiger partial charge in [-0.2, -0.15) is 15.0 Å². The number of aromatic nitrogens is 3. The third kappa shape index (κ3) is 7.27. The van der Waals surface area contributed by atoms with Crippen LogP contribution in [0.3, 0.4) is 0 Å². The Bertz CT molecular complexity index is 1020. The molecule has 1 aromatic carbocycles. The van der Waals surface area contributed by atoms with Gasteiger partial charge in [-0.3, -0.25) is 4.79 Å². The summed E-state index contributed by atoms with van der Waals surface area (Å²) < 4.78 is 0. The lowest BCUT2D eigenvalue weighted by atomic mass is 10.0. The smallest absolute Gasteiger partial charge is 0.233 e. The SMILES string of the molecule is CCC(=O)Nc1ccc(Nc2nc(N3CC(N)CC(N)C3)nc(N3CCC[C@H](N)C3)n2)cc1O.Cl.N.[HH]. The highest BCUT2D eigenvalue weighted by Crippen LogP contribution is 2.29. The molecule has 36 heavy (non-hydrogen) atoms. The van der Waals surface area contributed by atoms with Crippen molar-refractivity contribution in [2.24, 2.45) is 17.2 Å². The molecule has 2 aliphatic heterocycles. The zero-order valence-electron chi connectivity index (χ0n) is 20.6. The predicted molar refractivity (Wildman–Crippen MR) is 147 cm³/mol.